The third kappa shape index (κ3) is 3.29. The molecule has 0 aliphatic heterocycles. The fourth-order valence-electron chi connectivity index (χ4n) is 1.54. The number of benzene rings is 2. The third-order valence-corrected chi connectivity index (χ3v) is 2.63. The lowest BCUT2D eigenvalue weighted by Gasteiger charge is -2.16. The molecule has 0 spiro atoms. The fraction of sp³-hybridized carbons (Fsp3) is 0. The number of hydrogen-bond acceptors (Lipinski definition) is 3. The SMILES string of the molecule is NC(=S)N(N=Cc1ccccc1O)c1ccccc1. The normalized spacial score (nSPS) is 10.5. The fourth-order valence-corrected chi connectivity index (χ4v) is 1.69. The van der Waals surface area contributed by atoms with Crippen LogP contribution < -0.4 is 10.7 Å². The van der Waals surface area contributed by atoms with Crippen molar-refractivity contribution in [1.82, 2.24) is 0 Å². The Morgan fingerprint density at radius 1 is 1.11 bits per heavy atom. The van der Waals surface area contributed by atoms with Crippen LogP contribution in [0.3, 0.4) is 0 Å². The molecule has 0 aliphatic carbocycles. The van der Waals surface area contributed by atoms with E-state index < -0.39 is 0 Å². The van der Waals surface area contributed by atoms with Gasteiger partial charge in [0, 0.05) is 5.56 Å². The van der Waals surface area contributed by atoms with Crippen molar-refractivity contribution < 1.29 is 5.11 Å². The largest absolute Gasteiger partial charge is 0.507 e. The molecule has 0 fully saturated rings. The van der Waals surface area contributed by atoms with Crippen LogP contribution in [0.1, 0.15) is 5.56 Å². The van der Waals surface area contributed by atoms with Crippen LogP contribution >= 0.6 is 12.2 Å². The van der Waals surface area contributed by atoms with Crippen LogP contribution in [0.25, 0.3) is 0 Å². The molecule has 2 rings (SSSR count). The number of aromatic hydroxyl groups is 1. The van der Waals surface area contributed by atoms with Gasteiger partial charge in [-0.15, -0.1) is 0 Å². The molecule has 2 aromatic rings. The maximum Gasteiger partial charge on any atom is 0.191 e. The highest BCUT2D eigenvalue weighted by molar-refractivity contribution is 7.80. The van der Waals surface area contributed by atoms with Gasteiger partial charge in [0.05, 0.1) is 11.9 Å². The number of phenols is 1. The second-order valence-electron chi connectivity index (χ2n) is 3.79. The summed E-state index contributed by atoms with van der Waals surface area (Å²) in [6.07, 6.45) is 1.52. The highest BCUT2D eigenvalue weighted by Gasteiger charge is 2.06. The van der Waals surface area contributed by atoms with Gasteiger partial charge in [-0.2, -0.15) is 5.10 Å². The molecule has 0 atom stereocenters. The number of nitrogens with zero attached hydrogens (tertiary/aromatic N) is 2. The van der Waals surface area contributed by atoms with Crippen molar-refractivity contribution in [3.05, 3.63) is 60.2 Å². The predicted molar refractivity (Wildman–Crippen MR) is 81.4 cm³/mol. The number of nitrogens with two attached hydrogens (primary N) is 1. The molecule has 0 saturated carbocycles. The summed E-state index contributed by atoms with van der Waals surface area (Å²) in [5, 5.41) is 15.4. The van der Waals surface area contributed by atoms with Crippen molar-refractivity contribution in [2.75, 3.05) is 5.01 Å². The second-order valence-corrected chi connectivity index (χ2v) is 4.21. The maximum absolute atomic E-state index is 9.66. The zero-order chi connectivity index (χ0) is 13.7. The summed E-state index contributed by atoms with van der Waals surface area (Å²) in [5.74, 6) is 0.155. The summed E-state index contributed by atoms with van der Waals surface area (Å²) in [6, 6.07) is 16.2. The van der Waals surface area contributed by atoms with Gasteiger partial charge in [-0.25, -0.2) is 5.01 Å². The van der Waals surface area contributed by atoms with Crippen molar-refractivity contribution in [3.8, 4) is 5.75 Å². The van der Waals surface area contributed by atoms with Crippen molar-refractivity contribution in [2.45, 2.75) is 0 Å². The zero-order valence-corrected chi connectivity index (χ0v) is 10.9. The third-order valence-electron chi connectivity index (χ3n) is 2.46. The first-order valence-corrected chi connectivity index (χ1v) is 6.06. The molecule has 0 aliphatic rings. The van der Waals surface area contributed by atoms with E-state index in [0.717, 1.165) is 5.69 Å². The van der Waals surface area contributed by atoms with Crippen LogP contribution in [0, 0.1) is 0 Å². The molecule has 0 saturated heterocycles. The zero-order valence-electron chi connectivity index (χ0n) is 10.1. The van der Waals surface area contributed by atoms with Gasteiger partial charge in [-0.05, 0) is 36.5 Å². The van der Waals surface area contributed by atoms with E-state index in [1.807, 2.05) is 36.4 Å². The van der Waals surface area contributed by atoms with E-state index in [4.69, 9.17) is 18.0 Å². The molecule has 4 nitrogen and oxygen atoms in total. The monoisotopic (exact) mass is 271 g/mol. The van der Waals surface area contributed by atoms with Gasteiger partial charge in [-0.3, -0.25) is 0 Å². The van der Waals surface area contributed by atoms with Crippen LogP contribution in [-0.2, 0) is 0 Å². The van der Waals surface area contributed by atoms with Crippen molar-refractivity contribution in [1.29, 1.82) is 0 Å². The molecule has 0 unspecified atom stereocenters. The number of hydrazone groups is 1. The summed E-state index contributed by atoms with van der Waals surface area (Å²) in [5.41, 5.74) is 7.01. The van der Waals surface area contributed by atoms with Gasteiger partial charge in [-0.1, -0.05) is 30.3 Å². The Bertz CT molecular complexity index is 599. The van der Waals surface area contributed by atoms with Gasteiger partial charge in [0.2, 0.25) is 0 Å². The van der Waals surface area contributed by atoms with E-state index in [9.17, 15) is 5.11 Å². The lowest BCUT2D eigenvalue weighted by Crippen LogP contribution is -2.30. The topological polar surface area (TPSA) is 61.8 Å². The first-order chi connectivity index (χ1) is 9.18. The molecular weight excluding hydrogens is 258 g/mol. The molecule has 3 N–H and O–H groups in total. The summed E-state index contributed by atoms with van der Waals surface area (Å²) in [4.78, 5) is 0. The Labute approximate surface area is 116 Å². The maximum atomic E-state index is 9.66. The first-order valence-electron chi connectivity index (χ1n) is 5.65. The minimum Gasteiger partial charge on any atom is -0.507 e. The molecule has 96 valence electrons. The summed E-state index contributed by atoms with van der Waals surface area (Å²) >= 11 is 4.97. The van der Waals surface area contributed by atoms with Crippen molar-refractivity contribution in [3.63, 3.8) is 0 Å². The average Bonchev–Trinajstić information content (AvgIpc) is 2.42. The number of rotatable bonds is 3. The Morgan fingerprint density at radius 2 is 1.74 bits per heavy atom. The summed E-state index contributed by atoms with van der Waals surface area (Å²) in [7, 11) is 0. The molecule has 0 radical (unpaired) electrons. The van der Waals surface area contributed by atoms with Gasteiger partial charge in [0.25, 0.3) is 0 Å². The quantitative estimate of drug-likeness (QED) is 0.511. The smallest absolute Gasteiger partial charge is 0.191 e. The van der Waals surface area contributed by atoms with Crippen LogP contribution in [0.5, 0.6) is 5.75 Å². The van der Waals surface area contributed by atoms with Gasteiger partial charge in [0.1, 0.15) is 5.75 Å². The van der Waals surface area contributed by atoms with E-state index in [2.05, 4.69) is 5.10 Å². The Hall–Kier alpha value is -2.40. The molecular formula is C14H13N3OS. The van der Waals surface area contributed by atoms with Gasteiger partial charge in [0.15, 0.2) is 5.11 Å². The molecule has 5 heteroatoms. The second kappa shape index (κ2) is 5.97. The first kappa shape index (κ1) is 13.0. The van der Waals surface area contributed by atoms with Crippen molar-refractivity contribution in [2.24, 2.45) is 10.8 Å². The Morgan fingerprint density at radius 3 is 2.37 bits per heavy atom. The number of para-hydroxylation sites is 2. The van der Waals surface area contributed by atoms with Crippen LogP contribution in [0.2, 0.25) is 0 Å². The van der Waals surface area contributed by atoms with E-state index in [1.165, 1.54) is 11.2 Å². The number of thiocarbonyl (C=S) groups is 1. The van der Waals surface area contributed by atoms with E-state index in [0.29, 0.717) is 5.56 Å². The van der Waals surface area contributed by atoms with Crippen LogP contribution in [0.4, 0.5) is 5.69 Å². The molecule has 2 aromatic carbocycles. The van der Waals surface area contributed by atoms with Crippen LogP contribution in [-0.4, -0.2) is 16.4 Å². The highest BCUT2D eigenvalue weighted by atomic mass is 32.1. The Balaban J connectivity index is 2.28. The Kier molecular flexibility index (Phi) is 4.10. The molecule has 0 bridgehead atoms. The number of hydrogen-bond donors (Lipinski definition) is 2. The summed E-state index contributed by atoms with van der Waals surface area (Å²) in [6.45, 7) is 0. The minimum atomic E-state index is 0.137. The lowest BCUT2D eigenvalue weighted by atomic mass is 10.2. The van der Waals surface area contributed by atoms with E-state index >= 15 is 0 Å². The molecule has 0 amide bonds. The molecule has 0 aromatic heterocycles. The predicted octanol–water partition coefficient (Wildman–Crippen LogP) is 2.48. The molecule has 19 heavy (non-hydrogen) atoms. The summed E-state index contributed by atoms with van der Waals surface area (Å²) < 4.78 is 0. The standard InChI is InChI=1S/C14H13N3OS/c15-14(19)17(12-7-2-1-3-8-12)16-10-11-6-4-5-9-13(11)18/h1-10,18H,(H2,15,19). The highest BCUT2D eigenvalue weighted by Crippen LogP contribution is 2.16. The van der Waals surface area contributed by atoms with Gasteiger partial charge < -0.3 is 10.8 Å². The van der Waals surface area contributed by atoms with Crippen molar-refractivity contribution >= 4 is 29.2 Å². The van der Waals surface area contributed by atoms with Gasteiger partial charge >= 0.3 is 0 Å². The number of phenolic OH excluding ortho intramolecular Hbond substituents is 1. The number of anilines is 1. The average molecular weight is 271 g/mol. The lowest BCUT2D eigenvalue weighted by molar-refractivity contribution is 0.474. The van der Waals surface area contributed by atoms with E-state index in [-0.39, 0.29) is 10.9 Å². The van der Waals surface area contributed by atoms with E-state index in [1.54, 1.807) is 18.2 Å². The minimum absolute atomic E-state index is 0.137. The molecule has 0 heterocycles. The van der Waals surface area contributed by atoms with Crippen LogP contribution in [0.15, 0.2) is 59.7 Å².